The van der Waals surface area contributed by atoms with E-state index >= 15 is 0 Å². The van der Waals surface area contributed by atoms with Gasteiger partial charge in [-0.1, -0.05) is 43.9 Å². The maximum Gasteiger partial charge on any atom is 0.317 e. The predicted octanol–water partition coefficient (Wildman–Crippen LogP) is 3.77. The van der Waals surface area contributed by atoms with Crippen molar-refractivity contribution >= 4 is 17.6 Å². The topological polar surface area (TPSA) is 61.4 Å². The van der Waals surface area contributed by atoms with Crippen LogP contribution in [0, 0.1) is 5.92 Å². The van der Waals surface area contributed by atoms with Crippen LogP contribution in [-0.2, 0) is 4.79 Å². The van der Waals surface area contributed by atoms with Crippen LogP contribution < -0.4 is 10.6 Å². The Morgan fingerprint density at radius 3 is 2.16 bits per heavy atom. The molecule has 1 aliphatic carbocycles. The second-order valence-electron chi connectivity index (χ2n) is 7.25. The van der Waals surface area contributed by atoms with Crippen LogP contribution in [0.4, 0.5) is 10.5 Å². The Balaban J connectivity index is 1.43. The summed E-state index contributed by atoms with van der Waals surface area (Å²) < 4.78 is 0. The number of carbonyl (C=O) groups is 2. The standard InChI is InChI=1S/C20H29N3O2/c24-19(21-17-8-6-3-7-9-17)16-12-14-23(15-13-16)20(25)22-18-10-4-1-2-5-11-18/h3,6-9,16,18H,1-2,4-5,10-15H2,(H,21,24)(H,22,25). The number of carbonyl (C=O) groups excluding carboxylic acids is 2. The van der Waals surface area contributed by atoms with Crippen molar-refractivity contribution in [3.63, 3.8) is 0 Å². The van der Waals surface area contributed by atoms with Gasteiger partial charge in [0.1, 0.15) is 0 Å². The van der Waals surface area contributed by atoms with Crippen LogP contribution in [-0.4, -0.2) is 36.0 Å². The normalized spacial score (nSPS) is 19.9. The van der Waals surface area contributed by atoms with E-state index in [1.165, 1.54) is 25.7 Å². The average molecular weight is 343 g/mol. The molecule has 1 saturated heterocycles. The van der Waals surface area contributed by atoms with Gasteiger partial charge in [0.25, 0.3) is 0 Å². The van der Waals surface area contributed by atoms with E-state index in [2.05, 4.69) is 10.6 Å². The van der Waals surface area contributed by atoms with E-state index in [1.807, 2.05) is 35.2 Å². The largest absolute Gasteiger partial charge is 0.335 e. The summed E-state index contributed by atoms with van der Waals surface area (Å²) in [5.41, 5.74) is 0.834. The maximum atomic E-state index is 12.5. The van der Waals surface area contributed by atoms with E-state index in [4.69, 9.17) is 0 Å². The third-order valence-corrected chi connectivity index (χ3v) is 5.38. The van der Waals surface area contributed by atoms with Gasteiger partial charge < -0.3 is 15.5 Å². The SMILES string of the molecule is O=C(Nc1ccccc1)C1CCN(C(=O)NC2CCCCCC2)CC1. The molecule has 2 N–H and O–H groups in total. The van der Waals surface area contributed by atoms with Crippen molar-refractivity contribution in [1.82, 2.24) is 10.2 Å². The Labute approximate surface area is 150 Å². The van der Waals surface area contributed by atoms with Crippen molar-refractivity contribution in [2.24, 2.45) is 5.92 Å². The van der Waals surface area contributed by atoms with E-state index in [-0.39, 0.29) is 17.9 Å². The van der Waals surface area contributed by atoms with E-state index in [0.29, 0.717) is 19.1 Å². The van der Waals surface area contributed by atoms with Gasteiger partial charge in [-0.25, -0.2) is 4.79 Å². The molecule has 0 unspecified atom stereocenters. The zero-order valence-corrected chi connectivity index (χ0v) is 14.9. The number of hydrogen-bond donors (Lipinski definition) is 2. The van der Waals surface area contributed by atoms with Crippen molar-refractivity contribution in [1.29, 1.82) is 0 Å². The molecular weight excluding hydrogens is 314 g/mol. The number of nitrogens with zero attached hydrogens (tertiary/aromatic N) is 1. The van der Waals surface area contributed by atoms with Crippen molar-refractivity contribution < 1.29 is 9.59 Å². The van der Waals surface area contributed by atoms with Gasteiger partial charge in [-0.2, -0.15) is 0 Å². The number of rotatable bonds is 3. The first-order chi connectivity index (χ1) is 12.2. The number of anilines is 1. The Bertz CT molecular complexity index is 560. The van der Waals surface area contributed by atoms with Crippen LogP contribution in [0.2, 0.25) is 0 Å². The molecule has 2 aliphatic rings. The summed E-state index contributed by atoms with van der Waals surface area (Å²) in [5.74, 6) is 0.0529. The molecule has 25 heavy (non-hydrogen) atoms. The van der Waals surface area contributed by atoms with Gasteiger partial charge in [0, 0.05) is 30.7 Å². The van der Waals surface area contributed by atoms with Gasteiger partial charge in [-0.3, -0.25) is 4.79 Å². The zero-order chi connectivity index (χ0) is 17.5. The summed E-state index contributed by atoms with van der Waals surface area (Å²) in [5, 5.41) is 6.17. The molecule has 0 spiro atoms. The third kappa shape index (κ3) is 5.21. The number of urea groups is 1. The third-order valence-electron chi connectivity index (χ3n) is 5.38. The van der Waals surface area contributed by atoms with Crippen molar-refractivity contribution in [3.05, 3.63) is 30.3 Å². The number of amides is 3. The molecule has 1 aromatic carbocycles. The van der Waals surface area contributed by atoms with Crippen LogP contribution in [0.25, 0.3) is 0 Å². The molecular formula is C20H29N3O2. The molecule has 1 aromatic rings. The minimum atomic E-state index is -0.0119. The molecule has 1 heterocycles. The molecule has 1 saturated carbocycles. The number of benzene rings is 1. The molecule has 0 radical (unpaired) electrons. The van der Waals surface area contributed by atoms with Gasteiger partial charge >= 0.3 is 6.03 Å². The number of para-hydroxylation sites is 1. The first-order valence-corrected chi connectivity index (χ1v) is 9.64. The van der Waals surface area contributed by atoms with E-state index in [0.717, 1.165) is 31.4 Å². The van der Waals surface area contributed by atoms with Crippen molar-refractivity contribution in [3.8, 4) is 0 Å². The van der Waals surface area contributed by atoms with Crippen LogP contribution >= 0.6 is 0 Å². The quantitative estimate of drug-likeness (QED) is 0.821. The molecule has 1 aliphatic heterocycles. The Morgan fingerprint density at radius 1 is 0.880 bits per heavy atom. The van der Waals surface area contributed by atoms with Gasteiger partial charge in [0.2, 0.25) is 5.91 Å². The number of hydrogen-bond acceptors (Lipinski definition) is 2. The van der Waals surface area contributed by atoms with Gasteiger partial charge in [0.15, 0.2) is 0 Å². The lowest BCUT2D eigenvalue weighted by Gasteiger charge is -2.32. The summed E-state index contributed by atoms with van der Waals surface area (Å²) in [6, 6.07) is 9.93. The van der Waals surface area contributed by atoms with Gasteiger partial charge in [0.05, 0.1) is 0 Å². The summed E-state index contributed by atoms with van der Waals surface area (Å²) in [4.78, 5) is 26.7. The van der Waals surface area contributed by atoms with Crippen LogP contribution in [0.1, 0.15) is 51.4 Å². The smallest absolute Gasteiger partial charge is 0.317 e. The maximum absolute atomic E-state index is 12.5. The molecule has 0 aromatic heterocycles. The summed E-state index contributed by atoms with van der Waals surface area (Å²) in [7, 11) is 0. The van der Waals surface area contributed by atoms with Gasteiger partial charge in [-0.05, 0) is 37.8 Å². The Morgan fingerprint density at radius 2 is 1.52 bits per heavy atom. The Kier molecular flexibility index (Phi) is 6.31. The fourth-order valence-corrected chi connectivity index (χ4v) is 3.80. The van der Waals surface area contributed by atoms with Crippen molar-refractivity contribution in [2.75, 3.05) is 18.4 Å². The number of nitrogens with one attached hydrogen (secondary N) is 2. The minimum absolute atomic E-state index is 0.0119. The monoisotopic (exact) mass is 343 g/mol. The zero-order valence-electron chi connectivity index (χ0n) is 14.9. The minimum Gasteiger partial charge on any atom is -0.335 e. The first kappa shape index (κ1) is 17.8. The first-order valence-electron chi connectivity index (χ1n) is 9.64. The number of likely N-dealkylation sites (tertiary alicyclic amines) is 1. The van der Waals surface area contributed by atoms with Crippen LogP contribution in [0.15, 0.2) is 30.3 Å². The fourth-order valence-electron chi connectivity index (χ4n) is 3.80. The highest BCUT2D eigenvalue weighted by molar-refractivity contribution is 5.92. The molecule has 0 bridgehead atoms. The van der Waals surface area contributed by atoms with Crippen LogP contribution in [0.5, 0.6) is 0 Å². The second kappa shape index (κ2) is 8.88. The highest BCUT2D eigenvalue weighted by atomic mass is 16.2. The highest BCUT2D eigenvalue weighted by Crippen LogP contribution is 2.21. The lowest BCUT2D eigenvalue weighted by atomic mass is 9.96. The lowest BCUT2D eigenvalue weighted by molar-refractivity contribution is -0.121. The lowest BCUT2D eigenvalue weighted by Crippen LogP contribution is -2.48. The predicted molar refractivity (Wildman–Crippen MR) is 99.4 cm³/mol. The fraction of sp³-hybridized carbons (Fsp3) is 0.600. The van der Waals surface area contributed by atoms with Gasteiger partial charge in [-0.15, -0.1) is 0 Å². The van der Waals surface area contributed by atoms with E-state index < -0.39 is 0 Å². The average Bonchev–Trinajstić information content (AvgIpc) is 2.91. The number of piperidine rings is 1. The molecule has 5 nitrogen and oxygen atoms in total. The Hall–Kier alpha value is -2.04. The summed E-state index contributed by atoms with van der Waals surface area (Å²) in [6.07, 6.45) is 8.67. The molecule has 0 atom stereocenters. The van der Waals surface area contributed by atoms with E-state index in [1.54, 1.807) is 0 Å². The second-order valence-corrected chi connectivity index (χ2v) is 7.25. The molecule has 136 valence electrons. The van der Waals surface area contributed by atoms with Crippen molar-refractivity contribution in [2.45, 2.75) is 57.4 Å². The highest BCUT2D eigenvalue weighted by Gasteiger charge is 2.28. The van der Waals surface area contributed by atoms with Crippen LogP contribution in [0.3, 0.4) is 0 Å². The summed E-state index contributed by atoms with van der Waals surface area (Å²) >= 11 is 0. The molecule has 3 rings (SSSR count). The molecule has 2 fully saturated rings. The molecule has 3 amide bonds. The summed E-state index contributed by atoms with van der Waals surface area (Å²) in [6.45, 7) is 1.32. The van der Waals surface area contributed by atoms with E-state index in [9.17, 15) is 9.59 Å². The molecule has 5 heteroatoms.